The molecule has 12 heteroatoms. The van der Waals surface area contributed by atoms with E-state index in [4.69, 9.17) is 20.4 Å². The SMILES string of the molecule is O=C(O)N(CCN(C(=O)O)C(=O)O)C(=O)O.[Na].[Na]. The molecule has 4 N–H and O–H groups in total. The number of hydrogen-bond acceptors (Lipinski definition) is 4. The summed E-state index contributed by atoms with van der Waals surface area (Å²) in [6.45, 7) is -1.58. The molecule has 0 aliphatic rings. The molecule has 0 rings (SSSR count). The zero-order valence-electron chi connectivity index (χ0n) is 9.73. The monoisotopic (exact) mass is 282 g/mol. The Bertz CT molecular complexity index is 276. The molecule has 0 bridgehead atoms. The van der Waals surface area contributed by atoms with Gasteiger partial charge in [0.1, 0.15) is 0 Å². The van der Waals surface area contributed by atoms with Gasteiger partial charge in [-0.15, -0.1) is 0 Å². The Labute approximate surface area is 145 Å². The van der Waals surface area contributed by atoms with E-state index in [0.29, 0.717) is 0 Å². The summed E-state index contributed by atoms with van der Waals surface area (Å²) in [4.78, 5) is 41.0. The molecule has 0 saturated carbocycles. The van der Waals surface area contributed by atoms with Crippen LogP contribution in [-0.4, -0.2) is 127 Å². The Morgan fingerprint density at radius 2 is 0.778 bits per heavy atom. The van der Waals surface area contributed by atoms with Crippen molar-refractivity contribution in [2.45, 2.75) is 0 Å². The van der Waals surface area contributed by atoms with E-state index in [1.807, 2.05) is 0 Å². The predicted octanol–water partition coefficient (Wildman–Crippen LogP) is -0.459. The van der Waals surface area contributed by atoms with E-state index in [0.717, 1.165) is 0 Å². The predicted molar refractivity (Wildman–Crippen MR) is 57.0 cm³/mol. The second kappa shape index (κ2) is 10.4. The van der Waals surface area contributed by atoms with Crippen molar-refractivity contribution < 1.29 is 39.6 Å². The maximum absolute atomic E-state index is 10.3. The molecule has 0 spiro atoms. The summed E-state index contributed by atoms with van der Waals surface area (Å²) in [6.07, 6.45) is -7.27. The van der Waals surface area contributed by atoms with Gasteiger partial charge in [-0.25, -0.2) is 29.0 Å². The number of rotatable bonds is 3. The van der Waals surface area contributed by atoms with Crippen molar-refractivity contribution in [1.29, 1.82) is 0 Å². The van der Waals surface area contributed by atoms with Crippen molar-refractivity contribution in [3.63, 3.8) is 0 Å². The van der Waals surface area contributed by atoms with Crippen LogP contribution in [0.5, 0.6) is 0 Å². The molecule has 0 saturated heterocycles. The summed E-state index contributed by atoms with van der Waals surface area (Å²) in [6, 6.07) is 0. The maximum atomic E-state index is 10.3. The first-order chi connectivity index (χ1) is 7.27. The maximum Gasteiger partial charge on any atom is 0.416 e. The van der Waals surface area contributed by atoms with E-state index in [2.05, 4.69) is 0 Å². The number of carbonyl (C=O) groups is 4. The Hall–Kier alpha value is -0.520. The van der Waals surface area contributed by atoms with Crippen LogP contribution >= 0.6 is 0 Å². The van der Waals surface area contributed by atoms with Crippen LogP contribution < -0.4 is 0 Å². The summed E-state index contributed by atoms with van der Waals surface area (Å²) in [5.74, 6) is 0. The van der Waals surface area contributed by atoms with E-state index >= 15 is 0 Å². The van der Waals surface area contributed by atoms with Gasteiger partial charge in [-0.05, 0) is 0 Å². The van der Waals surface area contributed by atoms with Crippen molar-refractivity contribution in [3.05, 3.63) is 0 Å². The molecule has 0 aromatic carbocycles. The fourth-order valence-corrected chi connectivity index (χ4v) is 0.746. The van der Waals surface area contributed by atoms with Gasteiger partial charge in [0.05, 0.1) is 13.1 Å². The molecular formula is C6H8N2Na2O8. The molecule has 10 nitrogen and oxygen atoms in total. The third kappa shape index (κ3) is 7.74. The normalized spacial score (nSPS) is 8.22. The summed E-state index contributed by atoms with van der Waals surface area (Å²) in [5, 5.41) is 33.5. The Morgan fingerprint density at radius 3 is 0.889 bits per heavy atom. The van der Waals surface area contributed by atoms with E-state index in [1.54, 1.807) is 0 Å². The Kier molecular flexibility index (Phi) is 13.1. The number of imide groups is 2. The minimum atomic E-state index is -1.82. The van der Waals surface area contributed by atoms with Crippen molar-refractivity contribution in [3.8, 4) is 0 Å². The molecule has 4 amide bonds. The molecule has 0 aromatic rings. The van der Waals surface area contributed by atoms with E-state index in [-0.39, 0.29) is 68.9 Å². The quantitative estimate of drug-likeness (QED) is 0.506. The first-order valence-corrected chi connectivity index (χ1v) is 3.74. The van der Waals surface area contributed by atoms with Gasteiger partial charge in [0.25, 0.3) is 0 Å². The van der Waals surface area contributed by atoms with Gasteiger partial charge in [0, 0.05) is 59.1 Å². The van der Waals surface area contributed by atoms with Crippen LogP contribution in [0, 0.1) is 0 Å². The van der Waals surface area contributed by atoms with Crippen LogP contribution in [0.2, 0.25) is 0 Å². The van der Waals surface area contributed by atoms with Gasteiger partial charge in [0.15, 0.2) is 0 Å². The molecule has 2 radical (unpaired) electrons. The largest absolute Gasteiger partial charge is 0.465 e. The third-order valence-electron chi connectivity index (χ3n) is 1.47. The summed E-state index contributed by atoms with van der Waals surface area (Å²) in [5.41, 5.74) is 0. The Balaban J connectivity index is -0.00000112. The number of hydrogen-bond donors (Lipinski definition) is 4. The second-order valence-electron chi connectivity index (χ2n) is 2.43. The van der Waals surface area contributed by atoms with Gasteiger partial charge >= 0.3 is 24.4 Å². The third-order valence-corrected chi connectivity index (χ3v) is 1.47. The Morgan fingerprint density at radius 1 is 0.611 bits per heavy atom. The van der Waals surface area contributed by atoms with Crippen LogP contribution in [-0.2, 0) is 0 Å². The van der Waals surface area contributed by atoms with Crippen LogP contribution in [0.1, 0.15) is 0 Å². The molecular weight excluding hydrogens is 274 g/mol. The van der Waals surface area contributed by atoms with Crippen molar-refractivity contribution in [2.24, 2.45) is 0 Å². The van der Waals surface area contributed by atoms with Crippen molar-refractivity contribution >= 4 is 83.5 Å². The number of carboxylic acid groups (broad SMARTS) is 4. The molecule has 92 valence electrons. The minimum Gasteiger partial charge on any atom is -0.465 e. The standard InChI is InChI=1S/C6H8N2O8.2Na/c9-3(10)7(4(11)12)1-2-8(5(13)14)6(15)16;;/h1-2H2,(H,9,10)(H,11,12)(H,13,14)(H,15,16);;. The first-order valence-electron chi connectivity index (χ1n) is 3.74. The topological polar surface area (TPSA) is 156 Å². The summed E-state index contributed by atoms with van der Waals surface area (Å²) >= 11 is 0. The number of nitrogens with zero attached hydrogens (tertiary/aromatic N) is 2. The fraction of sp³-hybridized carbons (Fsp3) is 0.333. The first kappa shape index (κ1) is 22.6. The molecule has 0 heterocycles. The second-order valence-corrected chi connectivity index (χ2v) is 2.43. The van der Waals surface area contributed by atoms with Gasteiger partial charge in [-0.3, -0.25) is 0 Å². The molecule has 0 fully saturated rings. The summed E-state index contributed by atoms with van der Waals surface area (Å²) < 4.78 is 0. The van der Waals surface area contributed by atoms with Crippen molar-refractivity contribution in [2.75, 3.05) is 13.1 Å². The van der Waals surface area contributed by atoms with Crippen LogP contribution in [0.25, 0.3) is 0 Å². The summed E-state index contributed by atoms with van der Waals surface area (Å²) in [7, 11) is 0. The molecule has 0 unspecified atom stereocenters. The molecule has 0 aliphatic carbocycles. The van der Waals surface area contributed by atoms with Gasteiger partial charge in [-0.1, -0.05) is 0 Å². The van der Waals surface area contributed by atoms with E-state index < -0.39 is 37.5 Å². The molecule has 18 heavy (non-hydrogen) atoms. The van der Waals surface area contributed by atoms with E-state index in [9.17, 15) is 19.2 Å². The average molecular weight is 282 g/mol. The van der Waals surface area contributed by atoms with Crippen LogP contribution in [0.3, 0.4) is 0 Å². The fourth-order valence-electron chi connectivity index (χ4n) is 0.746. The molecule has 0 aliphatic heterocycles. The van der Waals surface area contributed by atoms with Gasteiger partial charge < -0.3 is 20.4 Å². The zero-order valence-corrected chi connectivity index (χ0v) is 13.7. The van der Waals surface area contributed by atoms with Crippen LogP contribution in [0.15, 0.2) is 0 Å². The van der Waals surface area contributed by atoms with E-state index in [1.165, 1.54) is 0 Å². The van der Waals surface area contributed by atoms with Crippen LogP contribution in [0.4, 0.5) is 19.2 Å². The average Bonchev–Trinajstić information content (AvgIpc) is 2.09. The number of amides is 4. The molecule has 0 atom stereocenters. The zero-order chi connectivity index (χ0) is 12.9. The van der Waals surface area contributed by atoms with Gasteiger partial charge in [0.2, 0.25) is 0 Å². The van der Waals surface area contributed by atoms with Crippen molar-refractivity contribution in [1.82, 2.24) is 9.80 Å². The molecule has 0 aromatic heterocycles. The smallest absolute Gasteiger partial charge is 0.416 e. The van der Waals surface area contributed by atoms with Gasteiger partial charge in [-0.2, -0.15) is 0 Å². The minimum absolute atomic E-state index is 0.